The van der Waals surface area contributed by atoms with Crippen LogP contribution in [0.25, 0.3) is 0 Å². The summed E-state index contributed by atoms with van der Waals surface area (Å²) >= 11 is 1.29. The second kappa shape index (κ2) is 5.97. The molecule has 0 spiro atoms. The van der Waals surface area contributed by atoms with Crippen molar-refractivity contribution in [2.75, 3.05) is 30.7 Å². The Hall–Kier alpha value is -1.34. The van der Waals surface area contributed by atoms with E-state index in [1.165, 1.54) is 11.3 Å². The van der Waals surface area contributed by atoms with E-state index in [4.69, 9.17) is 5.73 Å². The third-order valence-corrected chi connectivity index (χ3v) is 4.54. The first-order valence-corrected chi connectivity index (χ1v) is 7.76. The molecular weight excluding hydrogens is 276 g/mol. The van der Waals surface area contributed by atoms with Crippen molar-refractivity contribution < 1.29 is 9.90 Å². The summed E-state index contributed by atoms with van der Waals surface area (Å²) in [5.41, 5.74) is 5.16. The molecular formula is C13H22N4O2S. The van der Waals surface area contributed by atoms with Crippen LogP contribution in [0.3, 0.4) is 0 Å². The van der Waals surface area contributed by atoms with Crippen molar-refractivity contribution in [1.82, 2.24) is 9.88 Å². The lowest BCUT2D eigenvalue weighted by atomic mass is 9.98. The quantitative estimate of drug-likeness (QED) is 0.787. The molecule has 1 aliphatic heterocycles. The van der Waals surface area contributed by atoms with Crippen LogP contribution in [0.1, 0.15) is 42.8 Å². The summed E-state index contributed by atoms with van der Waals surface area (Å²) in [5.74, 6) is 0.203. The van der Waals surface area contributed by atoms with Gasteiger partial charge in [-0.3, -0.25) is 4.79 Å². The number of aliphatic hydroxyl groups is 1. The van der Waals surface area contributed by atoms with Gasteiger partial charge in [-0.25, -0.2) is 4.98 Å². The van der Waals surface area contributed by atoms with Crippen molar-refractivity contribution in [3.05, 3.63) is 4.88 Å². The number of rotatable bonds is 3. The molecule has 0 saturated carbocycles. The van der Waals surface area contributed by atoms with E-state index in [2.05, 4.69) is 10.3 Å². The average molecular weight is 298 g/mol. The largest absolute Gasteiger partial charge is 0.390 e. The predicted octanol–water partition coefficient (Wildman–Crippen LogP) is 1.53. The molecule has 4 N–H and O–H groups in total. The average Bonchev–Trinajstić information content (AvgIpc) is 2.63. The maximum Gasteiger partial charge on any atom is 0.267 e. The highest BCUT2D eigenvalue weighted by molar-refractivity contribution is 7.18. The first-order chi connectivity index (χ1) is 9.43. The number of amides is 1. The normalized spacial score (nSPS) is 23.4. The molecule has 1 aromatic rings. The number of aromatic nitrogens is 1. The lowest BCUT2D eigenvalue weighted by Crippen LogP contribution is -2.33. The van der Waals surface area contributed by atoms with Crippen LogP contribution in [-0.2, 0) is 0 Å². The molecule has 7 heteroatoms. The smallest absolute Gasteiger partial charge is 0.267 e. The Morgan fingerprint density at radius 2 is 2.30 bits per heavy atom. The minimum Gasteiger partial charge on any atom is -0.390 e. The molecule has 1 aliphatic rings. The molecule has 112 valence electrons. The number of carbonyl (C=O) groups excluding carboxylic acids is 1. The molecule has 1 saturated heterocycles. The van der Waals surface area contributed by atoms with Crippen LogP contribution in [0.2, 0.25) is 0 Å². The van der Waals surface area contributed by atoms with Gasteiger partial charge in [-0.05, 0) is 33.1 Å². The Labute approximate surface area is 123 Å². The molecule has 1 atom stereocenters. The SMILES string of the molecule is CCNc1nc(N)c(C(=O)N2CCCC(C)(O)CC2)s1. The number of likely N-dealkylation sites (tertiary alicyclic amines) is 1. The van der Waals surface area contributed by atoms with E-state index < -0.39 is 5.60 Å². The maximum absolute atomic E-state index is 12.5. The van der Waals surface area contributed by atoms with Gasteiger partial charge in [0.25, 0.3) is 5.91 Å². The van der Waals surface area contributed by atoms with Crippen LogP contribution < -0.4 is 11.1 Å². The Bertz CT molecular complexity index is 487. The molecule has 0 aromatic carbocycles. The zero-order valence-electron chi connectivity index (χ0n) is 12.0. The van der Waals surface area contributed by atoms with Gasteiger partial charge in [-0.1, -0.05) is 11.3 Å². The van der Waals surface area contributed by atoms with Gasteiger partial charge in [0.05, 0.1) is 5.60 Å². The minimum absolute atomic E-state index is 0.0816. The van der Waals surface area contributed by atoms with E-state index in [-0.39, 0.29) is 11.7 Å². The number of anilines is 2. The standard InChI is InChI=1S/C13H22N4O2S/c1-3-15-12-16-10(14)9(20-12)11(18)17-7-4-5-13(2,19)6-8-17/h19H,3-8,14H2,1-2H3,(H,15,16). The number of nitrogens with two attached hydrogens (primary N) is 1. The number of nitrogens with one attached hydrogen (secondary N) is 1. The lowest BCUT2D eigenvalue weighted by Gasteiger charge is -2.22. The number of hydrogen-bond acceptors (Lipinski definition) is 6. The zero-order chi connectivity index (χ0) is 14.8. The molecule has 2 heterocycles. The van der Waals surface area contributed by atoms with Gasteiger partial charge in [0, 0.05) is 19.6 Å². The summed E-state index contributed by atoms with van der Waals surface area (Å²) < 4.78 is 0. The Morgan fingerprint density at radius 3 is 3.00 bits per heavy atom. The molecule has 0 aliphatic carbocycles. The zero-order valence-corrected chi connectivity index (χ0v) is 12.8. The van der Waals surface area contributed by atoms with Crippen LogP contribution >= 0.6 is 11.3 Å². The number of hydrogen-bond donors (Lipinski definition) is 3. The highest BCUT2D eigenvalue weighted by atomic mass is 32.1. The Morgan fingerprint density at radius 1 is 1.55 bits per heavy atom. The minimum atomic E-state index is -0.677. The first-order valence-electron chi connectivity index (χ1n) is 6.95. The van der Waals surface area contributed by atoms with Crippen LogP contribution in [0.15, 0.2) is 0 Å². The first kappa shape index (κ1) is 15.1. The highest BCUT2D eigenvalue weighted by Crippen LogP contribution is 2.28. The van der Waals surface area contributed by atoms with Crippen molar-refractivity contribution in [1.29, 1.82) is 0 Å². The molecule has 1 aromatic heterocycles. The van der Waals surface area contributed by atoms with E-state index in [0.717, 1.165) is 19.4 Å². The van der Waals surface area contributed by atoms with E-state index in [1.54, 1.807) is 4.90 Å². The van der Waals surface area contributed by atoms with Crippen molar-refractivity contribution in [3.63, 3.8) is 0 Å². The topological polar surface area (TPSA) is 91.5 Å². The van der Waals surface area contributed by atoms with E-state index in [9.17, 15) is 9.90 Å². The van der Waals surface area contributed by atoms with Gasteiger partial charge in [0.2, 0.25) is 0 Å². The molecule has 1 unspecified atom stereocenters. The molecule has 1 fully saturated rings. The molecule has 0 bridgehead atoms. The van der Waals surface area contributed by atoms with Crippen LogP contribution in [0.4, 0.5) is 10.9 Å². The van der Waals surface area contributed by atoms with Gasteiger partial charge in [-0.15, -0.1) is 0 Å². The third-order valence-electron chi connectivity index (χ3n) is 3.53. The van der Waals surface area contributed by atoms with Crippen LogP contribution in [0.5, 0.6) is 0 Å². The fourth-order valence-corrected chi connectivity index (χ4v) is 3.24. The third kappa shape index (κ3) is 3.40. The fraction of sp³-hybridized carbons (Fsp3) is 0.692. The Kier molecular flexibility index (Phi) is 4.49. The van der Waals surface area contributed by atoms with Gasteiger partial charge in [-0.2, -0.15) is 0 Å². The lowest BCUT2D eigenvalue weighted by molar-refractivity contribution is 0.0438. The summed E-state index contributed by atoms with van der Waals surface area (Å²) in [6, 6.07) is 0. The maximum atomic E-state index is 12.5. The van der Waals surface area contributed by atoms with E-state index in [1.807, 2.05) is 13.8 Å². The molecule has 1 amide bonds. The fourth-order valence-electron chi connectivity index (χ4n) is 2.32. The highest BCUT2D eigenvalue weighted by Gasteiger charge is 2.29. The predicted molar refractivity (Wildman–Crippen MR) is 81.1 cm³/mol. The van der Waals surface area contributed by atoms with Crippen LogP contribution in [-0.4, -0.2) is 46.1 Å². The number of nitrogen functional groups attached to an aromatic ring is 1. The monoisotopic (exact) mass is 298 g/mol. The summed E-state index contributed by atoms with van der Waals surface area (Å²) in [4.78, 5) is 18.9. The van der Waals surface area contributed by atoms with Crippen molar-refractivity contribution >= 4 is 28.2 Å². The van der Waals surface area contributed by atoms with Crippen molar-refractivity contribution in [2.24, 2.45) is 0 Å². The number of carbonyl (C=O) groups is 1. The molecule has 6 nitrogen and oxygen atoms in total. The Balaban J connectivity index is 2.10. The summed E-state index contributed by atoms with van der Waals surface area (Å²) in [6.45, 7) is 5.75. The number of nitrogens with zero attached hydrogens (tertiary/aromatic N) is 2. The van der Waals surface area contributed by atoms with E-state index in [0.29, 0.717) is 29.5 Å². The van der Waals surface area contributed by atoms with Crippen molar-refractivity contribution in [3.8, 4) is 0 Å². The second-order valence-electron chi connectivity index (χ2n) is 5.41. The summed E-state index contributed by atoms with van der Waals surface area (Å²) in [5, 5.41) is 13.8. The van der Waals surface area contributed by atoms with E-state index >= 15 is 0 Å². The van der Waals surface area contributed by atoms with Gasteiger partial charge in [0.15, 0.2) is 5.13 Å². The second-order valence-corrected chi connectivity index (χ2v) is 6.41. The molecule has 0 radical (unpaired) electrons. The van der Waals surface area contributed by atoms with Crippen molar-refractivity contribution in [2.45, 2.75) is 38.7 Å². The summed E-state index contributed by atoms with van der Waals surface area (Å²) in [7, 11) is 0. The molecule has 2 rings (SSSR count). The van der Waals surface area contributed by atoms with Gasteiger partial charge < -0.3 is 21.1 Å². The van der Waals surface area contributed by atoms with Gasteiger partial charge >= 0.3 is 0 Å². The van der Waals surface area contributed by atoms with Crippen LogP contribution in [0, 0.1) is 0 Å². The van der Waals surface area contributed by atoms with Gasteiger partial charge in [0.1, 0.15) is 10.7 Å². The number of thiazole rings is 1. The summed E-state index contributed by atoms with van der Waals surface area (Å²) in [6.07, 6.45) is 2.12. The molecule has 20 heavy (non-hydrogen) atoms.